The molecule has 1 aliphatic rings. The van der Waals surface area contributed by atoms with Crippen LogP contribution in [-0.4, -0.2) is 41.2 Å². The zero-order chi connectivity index (χ0) is 17.1. The lowest BCUT2D eigenvalue weighted by Crippen LogP contribution is -2.49. The summed E-state index contributed by atoms with van der Waals surface area (Å²) in [7, 11) is 0. The number of likely N-dealkylation sites (tertiary alicyclic amines) is 1. The van der Waals surface area contributed by atoms with Crippen LogP contribution < -0.4 is 11.3 Å². The van der Waals surface area contributed by atoms with Crippen LogP contribution in [0.25, 0.3) is 0 Å². The van der Waals surface area contributed by atoms with E-state index >= 15 is 0 Å². The SMILES string of the molecule is Cc1cc(=O)n(C(CC(C)C)C(N)=O)cc1CCN1CC(F)C1. The number of hydrogen-bond donors (Lipinski definition) is 1. The Bertz CT molecular complexity index is 621. The Balaban J connectivity index is 2.20. The first kappa shape index (κ1) is 17.7. The Kier molecular flexibility index (Phi) is 5.57. The quantitative estimate of drug-likeness (QED) is 0.825. The van der Waals surface area contributed by atoms with Crippen molar-refractivity contribution in [2.75, 3.05) is 19.6 Å². The molecular weight excluding hydrogens is 297 g/mol. The molecule has 1 aromatic heterocycles. The number of aromatic nitrogens is 1. The molecule has 0 aromatic carbocycles. The molecule has 23 heavy (non-hydrogen) atoms. The molecule has 2 N–H and O–H groups in total. The van der Waals surface area contributed by atoms with Crippen LogP contribution in [0.15, 0.2) is 17.1 Å². The Morgan fingerprint density at radius 2 is 2.09 bits per heavy atom. The fourth-order valence-corrected chi connectivity index (χ4v) is 2.97. The Labute approximate surface area is 136 Å². The predicted molar refractivity (Wildman–Crippen MR) is 88.2 cm³/mol. The van der Waals surface area contributed by atoms with Gasteiger partial charge in [0.05, 0.1) is 0 Å². The van der Waals surface area contributed by atoms with Crippen molar-refractivity contribution >= 4 is 5.91 Å². The molecule has 1 saturated heterocycles. The van der Waals surface area contributed by atoms with Crippen LogP contribution in [0.2, 0.25) is 0 Å². The molecule has 1 atom stereocenters. The third-order valence-electron chi connectivity index (χ3n) is 4.36. The van der Waals surface area contributed by atoms with Crippen LogP contribution in [0.5, 0.6) is 0 Å². The van der Waals surface area contributed by atoms with Gasteiger partial charge in [-0.3, -0.25) is 14.5 Å². The third-order valence-corrected chi connectivity index (χ3v) is 4.36. The van der Waals surface area contributed by atoms with Crippen LogP contribution in [-0.2, 0) is 11.2 Å². The highest BCUT2D eigenvalue weighted by Gasteiger charge is 2.26. The number of pyridine rings is 1. The summed E-state index contributed by atoms with van der Waals surface area (Å²) >= 11 is 0. The van der Waals surface area contributed by atoms with Crippen molar-refractivity contribution in [3.63, 3.8) is 0 Å². The molecule has 0 radical (unpaired) electrons. The van der Waals surface area contributed by atoms with Crippen LogP contribution in [0.1, 0.15) is 37.4 Å². The molecule has 0 spiro atoms. The van der Waals surface area contributed by atoms with E-state index in [1.807, 2.05) is 25.7 Å². The molecule has 1 amide bonds. The van der Waals surface area contributed by atoms with Gasteiger partial charge in [0.15, 0.2) is 0 Å². The molecule has 0 saturated carbocycles. The van der Waals surface area contributed by atoms with Gasteiger partial charge >= 0.3 is 0 Å². The molecule has 5 nitrogen and oxygen atoms in total. The summed E-state index contributed by atoms with van der Waals surface area (Å²) in [6.45, 7) is 7.59. The van der Waals surface area contributed by atoms with E-state index in [2.05, 4.69) is 0 Å². The lowest BCUT2D eigenvalue weighted by atomic mass is 10.0. The van der Waals surface area contributed by atoms with Gasteiger partial charge < -0.3 is 10.3 Å². The predicted octanol–water partition coefficient (Wildman–Crippen LogP) is 1.43. The van der Waals surface area contributed by atoms with Gasteiger partial charge in [0, 0.05) is 31.9 Å². The molecule has 1 unspecified atom stereocenters. The largest absolute Gasteiger partial charge is 0.368 e. The third kappa shape index (κ3) is 4.41. The van der Waals surface area contributed by atoms with Crippen LogP contribution >= 0.6 is 0 Å². The maximum atomic E-state index is 12.9. The Morgan fingerprint density at radius 3 is 2.61 bits per heavy atom. The minimum atomic E-state index is -0.713. The van der Waals surface area contributed by atoms with Crippen molar-refractivity contribution in [1.82, 2.24) is 9.47 Å². The molecule has 2 heterocycles. The summed E-state index contributed by atoms with van der Waals surface area (Å²) in [5.41, 5.74) is 7.19. The molecule has 1 aliphatic heterocycles. The van der Waals surface area contributed by atoms with E-state index in [1.54, 1.807) is 12.3 Å². The van der Waals surface area contributed by atoms with Gasteiger partial charge in [-0.15, -0.1) is 0 Å². The zero-order valence-corrected chi connectivity index (χ0v) is 14.1. The number of alkyl halides is 1. The molecule has 6 heteroatoms. The number of halogens is 1. The van der Waals surface area contributed by atoms with E-state index in [0.29, 0.717) is 19.5 Å². The van der Waals surface area contributed by atoms with E-state index in [-0.39, 0.29) is 11.5 Å². The van der Waals surface area contributed by atoms with Gasteiger partial charge in [0.25, 0.3) is 5.56 Å². The second-order valence-corrected chi connectivity index (χ2v) is 6.88. The Hall–Kier alpha value is -1.69. The van der Waals surface area contributed by atoms with Gasteiger partial charge in [-0.05, 0) is 36.8 Å². The van der Waals surface area contributed by atoms with E-state index in [1.165, 1.54) is 4.57 Å². The topological polar surface area (TPSA) is 68.3 Å². The van der Waals surface area contributed by atoms with E-state index in [0.717, 1.165) is 24.1 Å². The number of hydrogen-bond acceptors (Lipinski definition) is 3. The van der Waals surface area contributed by atoms with Crippen molar-refractivity contribution < 1.29 is 9.18 Å². The molecule has 128 valence electrons. The van der Waals surface area contributed by atoms with Gasteiger partial charge in [-0.25, -0.2) is 4.39 Å². The number of carbonyl (C=O) groups excluding carboxylic acids is 1. The number of aryl methyl sites for hydroxylation is 1. The lowest BCUT2D eigenvalue weighted by Gasteiger charge is -2.34. The summed E-state index contributed by atoms with van der Waals surface area (Å²) in [6.07, 6.45) is 2.30. The highest BCUT2D eigenvalue weighted by atomic mass is 19.1. The van der Waals surface area contributed by atoms with Crippen molar-refractivity contribution in [2.45, 2.75) is 45.8 Å². The molecule has 1 fully saturated rings. The lowest BCUT2D eigenvalue weighted by molar-refractivity contribution is -0.121. The first-order valence-corrected chi connectivity index (χ1v) is 8.15. The molecule has 1 aromatic rings. The first-order valence-electron chi connectivity index (χ1n) is 8.15. The number of rotatable bonds is 7. The standard InChI is InChI=1S/C17H26FN3O2/c1-11(2)6-15(17(19)23)21-8-13(12(3)7-16(21)22)4-5-20-9-14(18)10-20/h7-8,11,14-15H,4-6,9-10H2,1-3H3,(H2,19,23). The monoisotopic (exact) mass is 323 g/mol. The molecular formula is C17H26FN3O2. The maximum Gasteiger partial charge on any atom is 0.251 e. The molecule has 2 rings (SSSR count). The van der Waals surface area contributed by atoms with Gasteiger partial charge in [0.1, 0.15) is 12.2 Å². The fraction of sp³-hybridized carbons (Fsp3) is 0.647. The minimum absolute atomic E-state index is 0.205. The minimum Gasteiger partial charge on any atom is -0.368 e. The average Bonchev–Trinajstić information content (AvgIpc) is 2.41. The van der Waals surface area contributed by atoms with Gasteiger partial charge in [-0.1, -0.05) is 13.8 Å². The summed E-state index contributed by atoms with van der Waals surface area (Å²) in [5.74, 6) is -0.231. The number of carbonyl (C=O) groups is 1. The Morgan fingerprint density at radius 1 is 1.43 bits per heavy atom. The number of nitrogens with two attached hydrogens (primary N) is 1. The van der Waals surface area contributed by atoms with Crippen molar-refractivity contribution in [3.8, 4) is 0 Å². The summed E-state index contributed by atoms with van der Waals surface area (Å²) < 4.78 is 14.3. The maximum absolute atomic E-state index is 12.9. The van der Waals surface area contributed by atoms with Crippen LogP contribution in [0.4, 0.5) is 4.39 Å². The highest BCUT2D eigenvalue weighted by Crippen LogP contribution is 2.18. The second kappa shape index (κ2) is 7.25. The molecule has 0 aliphatic carbocycles. The highest BCUT2D eigenvalue weighted by molar-refractivity contribution is 5.78. The zero-order valence-electron chi connectivity index (χ0n) is 14.1. The number of amides is 1. The van der Waals surface area contributed by atoms with E-state index < -0.39 is 18.1 Å². The summed E-state index contributed by atoms with van der Waals surface area (Å²) in [5, 5.41) is 0. The van der Waals surface area contributed by atoms with Crippen molar-refractivity contribution in [3.05, 3.63) is 33.7 Å². The van der Waals surface area contributed by atoms with Crippen molar-refractivity contribution in [1.29, 1.82) is 0 Å². The average molecular weight is 323 g/mol. The van der Waals surface area contributed by atoms with Crippen molar-refractivity contribution in [2.24, 2.45) is 11.7 Å². The van der Waals surface area contributed by atoms with E-state index in [4.69, 9.17) is 5.73 Å². The van der Waals surface area contributed by atoms with Crippen LogP contribution in [0.3, 0.4) is 0 Å². The van der Waals surface area contributed by atoms with E-state index in [9.17, 15) is 14.0 Å². The first-order chi connectivity index (χ1) is 10.8. The number of nitrogens with zero attached hydrogens (tertiary/aromatic N) is 2. The van der Waals surface area contributed by atoms with Crippen LogP contribution in [0, 0.1) is 12.8 Å². The van der Waals surface area contributed by atoms with Gasteiger partial charge in [-0.2, -0.15) is 0 Å². The summed E-state index contributed by atoms with van der Waals surface area (Å²) in [6, 6.07) is 0.931. The number of primary amides is 1. The summed E-state index contributed by atoms with van der Waals surface area (Å²) in [4.78, 5) is 26.1. The normalized spacial score (nSPS) is 17.3. The molecule has 0 bridgehead atoms. The smallest absolute Gasteiger partial charge is 0.251 e. The second-order valence-electron chi connectivity index (χ2n) is 6.88. The fourth-order valence-electron chi connectivity index (χ4n) is 2.97. The van der Waals surface area contributed by atoms with Gasteiger partial charge in [0.2, 0.25) is 5.91 Å².